The summed E-state index contributed by atoms with van der Waals surface area (Å²) < 4.78 is 0. The highest BCUT2D eigenvalue weighted by molar-refractivity contribution is 5.75. The van der Waals surface area contributed by atoms with Crippen LogP contribution in [-0.2, 0) is 4.79 Å². The molecule has 0 atom stereocenters. The van der Waals surface area contributed by atoms with Gasteiger partial charge in [-0.15, -0.1) is 0 Å². The van der Waals surface area contributed by atoms with Crippen LogP contribution in [0.25, 0.3) is 0 Å². The lowest BCUT2D eigenvalue weighted by Crippen LogP contribution is -2.33. The van der Waals surface area contributed by atoms with Crippen LogP contribution in [0.4, 0.5) is 0 Å². The lowest BCUT2D eigenvalue weighted by atomic mass is 9.96. The van der Waals surface area contributed by atoms with Gasteiger partial charge in [0.15, 0.2) is 0 Å². The van der Waals surface area contributed by atoms with Crippen LogP contribution in [0.5, 0.6) is 0 Å². The number of rotatable bonds is 7. The molecule has 16 heavy (non-hydrogen) atoms. The highest BCUT2D eigenvalue weighted by atomic mass is 16.1. The summed E-state index contributed by atoms with van der Waals surface area (Å²) >= 11 is 0. The molecule has 0 heterocycles. The van der Waals surface area contributed by atoms with Crippen LogP contribution in [0.3, 0.4) is 0 Å². The second kappa shape index (κ2) is 7.24. The fraction of sp³-hybridized carbons (Fsp3) is 0.833. The maximum absolute atomic E-state index is 11.4. The quantitative estimate of drug-likeness (QED) is 0.644. The Morgan fingerprint density at radius 1 is 1.44 bits per heavy atom. The van der Waals surface area contributed by atoms with Gasteiger partial charge in [0, 0.05) is 19.0 Å². The zero-order valence-electron chi connectivity index (χ0n) is 10.8. The molecule has 92 valence electrons. The van der Waals surface area contributed by atoms with Gasteiger partial charge in [0.2, 0.25) is 5.91 Å². The van der Waals surface area contributed by atoms with Gasteiger partial charge in [-0.2, -0.15) is 5.26 Å². The van der Waals surface area contributed by atoms with Crippen molar-refractivity contribution < 1.29 is 4.79 Å². The predicted octanol–water partition coefficient (Wildman–Crippen LogP) is 1.43. The maximum Gasteiger partial charge on any atom is 0.220 e. The van der Waals surface area contributed by atoms with E-state index in [-0.39, 0.29) is 5.91 Å². The molecule has 4 nitrogen and oxygen atoms in total. The standard InChI is InChI=1S/C12H23N3O/c1-10(2)14-7-5-6-11(16)15-9-12(3,4)8-13/h10,14H,5-7,9H2,1-4H3,(H,15,16). The van der Waals surface area contributed by atoms with E-state index in [0.717, 1.165) is 13.0 Å². The molecular formula is C12H23N3O. The molecular weight excluding hydrogens is 202 g/mol. The molecule has 0 radical (unpaired) electrons. The van der Waals surface area contributed by atoms with E-state index in [2.05, 4.69) is 30.6 Å². The normalized spacial score (nSPS) is 11.2. The maximum atomic E-state index is 11.4. The van der Waals surface area contributed by atoms with Crippen molar-refractivity contribution in [3.8, 4) is 6.07 Å². The Hall–Kier alpha value is -1.08. The summed E-state index contributed by atoms with van der Waals surface area (Å²) in [5.41, 5.74) is -0.480. The average molecular weight is 225 g/mol. The van der Waals surface area contributed by atoms with Crippen molar-refractivity contribution in [1.82, 2.24) is 10.6 Å². The molecule has 0 fully saturated rings. The van der Waals surface area contributed by atoms with Gasteiger partial charge >= 0.3 is 0 Å². The topological polar surface area (TPSA) is 64.9 Å². The van der Waals surface area contributed by atoms with Gasteiger partial charge in [-0.25, -0.2) is 0 Å². The Labute approximate surface area is 98.4 Å². The first kappa shape index (κ1) is 14.9. The highest BCUT2D eigenvalue weighted by Crippen LogP contribution is 2.10. The largest absolute Gasteiger partial charge is 0.355 e. The number of amides is 1. The molecule has 0 spiro atoms. The SMILES string of the molecule is CC(C)NCCCC(=O)NCC(C)(C)C#N. The van der Waals surface area contributed by atoms with Gasteiger partial charge in [0.05, 0.1) is 11.5 Å². The monoisotopic (exact) mass is 225 g/mol. The molecule has 0 aliphatic heterocycles. The van der Waals surface area contributed by atoms with Crippen LogP contribution in [-0.4, -0.2) is 25.0 Å². The Morgan fingerprint density at radius 3 is 2.56 bits per heavy atom. The van der Waals surface area contributed by atoms with E-state index in [1.165, 1.54) is 0 Å². The number of nitriles is 1. The molecule has 0 unspecified atom stereocenters. The summed E-state index contributed by atoms with van der Waals surface area (Å²) in [6.45, 7) is 9.05. The first-order chi connectivity index (χ1) is 7.37. The summed E-state index contributed by atoms with van der Waals surface area (Å²) in [5, 5.41) is 14.8. The van der Waals surface area contributed by atoms with Crippen LogP contribution >= 0.6 is 0 Å². The lowest BCUT2D eigenvalue weighted by molar-refractivity contribution is -0.121. The number of hydrogen-bond donors (Lipinski definition) is 2. The first-order valence-corrected chi connectivity index (χ1v) is 5.79. The minimum Gasteiger partial charge on any atom is -0.355 e. The van der Waals surface area contributed by atoms with Gasteiger partial charge in [-0.3, -0.25) is 4.79 Å². The predicted molar refractivity (Wildman–Crippen MR) is 64.8 cm³/mol. The Kier molecular flexibility index (Phi) is 6.75. The van der Waals surface area contributed by atoms with Crippen LogP contribution < -0.4 is 10.6 Å². The van der Waals surface area contributed by atoms with Crippen molar-refractivity contribution in [2.45, 2.75) is 46.6 Å². The zero-order valence-corrected chi connectivity index (χ0v) is 10.8. The van der Waals surface area contributed by atoms with Gasteiger partial charge < -0.3 is 10.6 Å². The Balaban J connectivity index is 3.57. The summed E-state index contributed by atoms with van der Waals surface area (Å²) in [7, 11) is 0. The smallest absolute Gasteiger partial charge is 0.220 e. The summed E-state index contributed by atoms with van der Waals surface area (Å²) in [4.78, 5) is 11.4. The van der Waals surface area contributed by atoms with Crippen molar-refractivity contribution in [3.63, 3.8) is 0 Å². The first-order valence-electron chi connectivity index (χ1n) is 5.79. The number of nitrogens with one attached hydrogen (secondary N) is 2. The van der Waals surface area contributed by atoms with E-state index in [0.29, 0.717) is 19.0 Å². The number of carbonyl (C=O) groups is 1. The number of nitrogens with zero attached hydrogens (tertiary/aromatic N) is 1. The van der Waals surface area contributed by atoms with E-state index in [9.17, 15) is 4.79 Å². The van der Waals surface area contributed by atoms with Gasteiger partial charge in [0.25, 0.3) is 0 Å². The van der Waals surface area contributed by atoms with Crippen LogP contribution in [0.2, 0.25) is 0 Å². The molecule has 0 rings (SSSR count). The average Bonchev–Trinajstić information content (AvgIpc) is 2.21. The zero-order chi connectivity index (χ0) is 12.6. The molecule has 0 aromatic heterocycles. The third kappa shape index (κ3) is 8.25. The van der Waals surface area contributed by atoms with Crippen molar-refractivity contribution in [2.24, 2.45) is 5.41 Å². The lowest BCUT2D eigenvalue weighted by Gasteiger charge is -2.15. The molecule has 0 aromatic rings. The minimum atomic E-state index is -0.480. The summed E-state index contributed by atoms with van der Waals surface area (Å²) in [6, 6.07) is 2.61. The second-order valence-electron chi connectivity index (χ2n) is 4.98. The summed E-state index contributed by atoms with van der Waals surface area (Å²) in [5.74, 6) is 0.0221. The van der Waals surface area contributed by atoms with E-state index < -0.39 is 5.41 Å². The Bertz CT molecular complexity index is 253. The van der Waals surface area contributed by atoms with Crippen molar-refractivity contribution in [3.05, 3.63) is 0 Å². The third-order valence-corrected chi connectivity index (χ3v) is 2.16. The van der Waals surface area contributed by atoms with E-state index in [1.807, 2.05) is 13.8 Å². The van der Waals surface area contributed by atoms with Crippen LogP contribution in [0.15, 0.2) is 0 Å². The third-order valence-electron chi connectivity index (χ3n) is 2.16. The fourth-order valence-electron chi connectivity index (χ4n) is 1.09. The number of hydrogen-bond acceptors (Lipinski definition) is 3. The van der Waals surface area contributed by atoms with Gasteiger partial charge in [0.1, 0.15) is 0 Å². The van der Waals surface area contributed by atoms with Crippen LogP contribution in [0, 0.1) is 16.7 Å². The van der Waals surface area contributed by atoms with E-state index in [1.54, 1.807) is 0 Å². The number of carbonyl (C=O) groups excluding carboxylic acids is 1. The Morgan fingerprint density at radius 2 is 2.06 bits per heavy atom. The molecule has 0 aliphatic carbocycles. The molecule has 0 aliphatic rings. The van der Waals surface area contributed by atoms with Crippen LogP contribution in [0.1, 0.15) is 40.5 Å². The van der Waals surface area contributed by atoms with Crippen molar-refractivity contribution in [1.29, 1.82) is 5.26 Å². The highest BCUT2D eigenvalue weighted by Gasteiger charge is 2.17. The molecule has 0 saturated carbocycles. The van der Waals surface area contributed by atoms with E-state index >= 15 is 0 Å². The van der Waals surface area contributed by atoms with Crippen molar-refractivity contribution >= 4 is 5.91 Å². The minimum absolute atomic E-state index is 0.0221. The molecule has 0 bridgehead atoms. The molecule has 0 aromatic carbocycles. The van der Waals surface area contributed by atoms with Gasteiger partial charge in [-0.1, -0.05) is 13.8 Å². The summed E-state index contributed by atoms with van der Waals surface area (Å²) in [6.07, 6.45) is 1.35. The molecule has 1 amide bonds. The van der Waals surface area contributed by atoms with E-state index in [4.69, 9.17) is 5.26 Å². The molecule has 0 saturated heterocycles. The fourth-order valence-corrected chi connectivity index (χ4v) is 1.09. The molecule has 2 N–H and O–H groups in total. The van der Waals surface area contributed by atoms with Crippen molar-refractivity contribution in [2.75, 3.05) is 13.1 Å². The second-order valence-corrected chi connectivity index (χ2v) is 4.98. The molecule has 4 heteroatoms. The van der Waals surface area contributed by atoms with Gasteiger partial charge in [-0.05, 0) is 26.8 Å².